The molecule has 0 atom stereocenters. The predicted molar refractivity (Wildman–Crippen MR) is 110 cm³/mol. The monoisotopic (exact) mass is 411 g/mol. The number of amides is 1. The molecular formula is C21H21N3O4S. The summed E-state index contributed by atoms with van der Waals surface area (Å²) in [7, 11) is -0.868. The molecule has 0 aliphatic carbocycles. The largest absolute Gasteiger partial charge is 0.495 e. The minimum Gasteiger partial charge on any atom is -0.495 e. The van der Waals surface area contributed by atoms with Gasteiger partial charge in [0.2, 0.25) is 0 Å². The van der Waals surface area contributed by atoms with Crippen LogP contribution in [0.15, 0.2) is 77.8 Å². The number of pyridine rings is 1. The Kier molecular flexibility index (Phi) is 6.13. The van der Waals surface area contributed by atoms with E-state index in [0.717, 1.165) is 10.00 Å². The fourth-order valence-electron chi connectivity index (χ4n) is 2.73. The lowest BCUT2D eigenvalue weighted by Gasteiger charge is -2.21. The summed E-state index contributed by atoms with van der Waals surface area (Å²) in [4.78, 5) is 16.5. The number of anilines is 1. The number of carbonyl (C=O) groups excluding carboxylic acids is 1. The Morgan fingerprint density at radius 2 is 1.72 bits per heavy atom. The molecule has 0 saturated carbocycles. The van der Waals surface area contributed by atoms with Gasteiger partial charge in [0.1, 0.15) is 5.75 Å². The van der Waals surface area contributed by atoms with Crippen molar-refractivity contribution < 1.29 is 17.9 Å². The number of methoxy groups -OCH3 is 1. The molecule has 0 fully saturated rings. The van der Waals surface area contributed by atoms with Crippen LogP contribution in [0.3, 0.4) is 0 Å². The number of ether oxygens (including phenoxy) is 1. The lowest BCUT2D eigenvalue weighted by atomic mass is 10.2. The van der Waals surface area contributed by atoms with Crippen molar-refractivity contribution in [3.63, 3.8) is 0 Å². The number of para-hydroxylation sites is 2. The number of sulfonamides is 1. The van der Waals surface area contributed by atoms with Gasteiger partial charge in [-0.2, -0.15) is 0 Å². The van der Waals surface area contributed by atoms with Gasteiger partial charge < -0.3 is 10.1 Å². The van der Waals surface area contributed by atoms with Crippen LogP contribution in [-0.2, 0) is 16.6 Å². The van der Waals surface area contributed by atoms with Gasteiger partial charge in [-0.25, -0.2) is 8.42 Å². The first-order valence-electron chi connectivity index (χ1n) is 8.83. The van der Waals surface area contributed by atoms with Gasteiger partial charge in [0.15, 0.2) is 0 Å². The van der Waals surface area contributed by atoms with Crippen molar-refractivity contribution in [3.8, 4) is 5.75 Å². The van der Waals surface area contributed by atoms with Crippen LogP contribution < -0.4 is 14.4 Å². The molecule has 150 valence electrons. The summed E-state index contributed by atoms with van der Waals surface area (Å²) in [6.45, 7) is 0.288. The molecule has 0 saturated heterocycles. The highest BCUT2D eigenvalue weighted by molar-refractivity contribution is 7.92. The molecule has 1 amide bonds. The minimum absolute atomic E-state index is 0.0761. The second-order valence-corrected chi connectivity index (χ2v) is 8.14. The molecule has 0 unspecified atom stereocenters. The van der Waals surface area contributed by atoms with Crippen molar-refractivity contribution in [1.29, 1.82) is 0 Å². The highest BCUT2D eigenvalue weighted by Gasteiger charge is 2.23. The lowest BCUT2D eigenvalue weighted by Crippen LogP contribution is -2.27. The quantitative estimate of drug-likeness (QED) is 0.646. The Bertz CT molecular complexity index is 1080. The fourth-order valence-corrected chi connectivity index (χ4v) is 3.94. The molecule has 0 bridgehead atoms. The van der Waals surface area contributed by atoms with Gasteiger partial charge >= 0.3 is 0 Å². The van der Waals surface area contributed by atoms with E-state index in [1.807, 2.05) is 12.1 Å². The second-order valence-electron chi connectivity index (χ2n) is 6.17. The van der Waals surface area contributed by atoms with E-state index in [1.165, 1.54) is 38.4 Å². The maximum Gasteiger partial charge on any atom is 0.264 e. The van der Waals surface area contributed by atoms with E-state index in [-0.39, 0.29) is 17.3 Å². The third-order valence-corrected chi connectivity index (χ3v) is 6.14. The molecule has 29 heavy (non-hydrogen) atoms. The van der Waals surface area contributed by atoms with Crippen molar-refractivity contribution >= 4 is 21.6 Å². The maximum atomic E-state index is 13.0. The van der Waals surface area contributed by atoms with Crippen LogP contribution in [0.5, 0.6) is 5.75 Å². The molecule has 2 aromatic carbocycles. The van der Waals surface area contributed by atoms with E-state index in [1.54, 1.807) is 36.5 Å². The summed E-state index contributed by atoms with van der Waals surface area (Å²) in [5.74, 6) is 0.141. The summed E-state index contributed by atoms with van der Waals surface area (Å²) >= 11 is 0. The Balaban J connectivity index is 1.75. The molecule has 8 heteroatoms. The zero-order chi connectivity index (χ0) is 20.9. The van der Waals surface area contributed by atoms with Gasteiger partial charge in [-0.1, -0.05) is 18.2 Å². The highest BCUT2D eigenvalue weighted by Crippen LogP contribution is 2.30. The molecule has 0 aliphatic rings. The molecule has 0 aliphatic heterocycles. The van der Waals surface area contributed by atoms with Crippen LogP contribution in [-0.4, -0.2) is 33.5 Å². The average Bonchev–Trinajstić information content (AvgIpc) is 2.77. The number of rotatable bonds is 7. The van der Waals surface area contributed by atoms with Crippen molar-refractivity contribution in [2.75, 3.05) is 18.5 Å². The van der Waals surface area contributed by atoms with Gasteiger partial charge in [-0.3, -0.25) is 14.1 Å². The number of aromatic nitrogens is 1. The first-order valence-corrected chi connectivity index (χ1v) is 10.3. The van der Waals surface area contributed by atoms with Gasteiger partial charge in [0, 0.05) is 18.8 Å². The van der Waals surface area contributed by atoms with Crippen LogP contribution in [0.2, 0.25) is 0 Å². The molecule has 1 heterocycles. The molecule has 7 nitrogen and oxygen atoms in total. The van der Waals surface area contributed by atoms with Crippen molar-refractivity contribution in [1.82, 2.24) is 10.3 Å². The average molecular weight is 411 g/mol. The summed E-state index contributed by atoms with van der Waals surface area (Å²) in [5, 5.41) is 2.76. The standard InChI is InChI=1S/C21H21N3O4S/c1-24(19-8-3-4-9-20(19)28-2)29(26,27)18-12-10-16(11-13-18)21(25)23-15-17-7-5-6-14-22-17/h3-14H,15H2,1-2H3,(H,23,25). The SMILES string of the molecule is COc1ccccc1N(C)S(=O)(=O)c1ccc(C(=O)NCc2ccccn2)cc1. The summed E-state index contributed by atoms with van der Waals surface area (Å²) in [6, 6.07) is 18.1. The zero-order valence-electron chi connectivity index (χ0n) is 16.1. The van der Waals surface area contributed by atoms with Crippen LogP contribution in [0.1, 0.15) is 16.1 Å². The molecule has 3 rings (SSSR count). The van der Waals surface area contributed by atoms with E-state index >= 15 is 0 Å². The molecule has 0 radical (unpaired) electrons. The Morgan fingerprint density at radius 1 is 1.03 bits per heavy atom. The van der Waals surface area contributed by atoms with Crippen LogP contribution in [0.25, 0.3) is 0 Å². The summed E-state index contributed by atoms with van der Waals surface area (Å²) < 4.78 is 32.3. The van der Waals surface area contributed by atoms with Crippen molar-refractivity contribution in [2.45, 2.75) is 11.4 Å². The van der Waals surface area contributed by atoms with E-state index in [4.69, 9.17) is 4.74 Å². The molecule has 0 spiro atoms. The van der Waals surface area contributed by atoms with Gasteiger partial charge in [-0.15, -0.1) is 0 Å². The number of benzene rings is 2. The minimum atomic E-state index is -3.81. The molecule has 3 aromatic rings. The second kappa shape index (κ2) is 8.74. The number of nitrogens with zero attached hydrogens (tertiary/aromatic N) is 2. The van der Waals surface area contributed by atoms with Crippen molar-refractivity contribution in [2.24, 2.45) is 0 Å². The number of carbonyl (C=O) groups is 1. The highest BCUT2D eigenvalue weighted by atomic mass is 32.2. The van der Waals surface area contributed by atoms with Gasteiger partial charge in [0.05, 0.1) is 29.9 Å². The van der Waals surface area contributed by atoms with Gasteiger partial charge in [-0.05, 0) is 48.5 Å². The van der Waals surface area contributed by atoms with E-state index < -0.39 is 10.0 Å². The molecular weight excluding hydrogens is 390 g/mol. The maximum absolute atomic E-state index is 13.0. The Hall–Kier alpha value is -3.39. The van der Waals surface area contributed by atoms with E-state index in [9.17, 15) is 13.2 Å². The Morgan fingerprint density at radius 3 is 2.38 bits per heavy atom. The summed E-state index contributed by atoms with van der Waals surface area (Å²) in [5.41, 5.74) is 1.52. The molecule has 1 N–H and O–H groups in total. The van der Waals surface area contributed by atoms with Crippen molar-refractivity contribution in [3.05, 3.63) is 84.2 Å². The smallest absolute Gasteiger partial charge is 0.264 e. The van der Waals surface area contributed by atoms with Gasteiger partial charge in [0.25, 0.3) is 15.9 Å². The topological polar surface area (TPSA) is 88.6 Å². The van der Waals surface area contributed by atoms with E-state index in [2.05, 4.69) is 10.3 Å². The third kappa shape index (κ3) is 4.55. The van der Waals surface area contributed by atoms with E-state index in [0.29, 0.717) is 17.0 Å². The van der Waals surface area contributed by atoms with Crippen LogP contribution >= 0.6 is 0 Å². The normalized spacial score (nSPS) is 11.0. The first kappa shape index (κ1) is 20.3. The number of nitrogens with one attached hydrogen (secondary N) is 1. The third-order valence-electron chi connectivity index (χ3n) is 4.36. The lowest BCUT2D eigenvalue weighted by molar-refractivity contribution is 0.0950. The van der Waals surface area contributed by atoms with Crippen LogP contribution in [0.4, 0.5) is 5.69 Å². The first-order chi connectivity index (χ1) is 13.9. The molecule has 1 aromatic heterocycles. The fraction of sp³-hybridized carbons (Fsp3) is 0.143. The number of hydrogen-bond donors (Lipinski definition) is 1. The Labute approximate surface area is 170 Å². The zero-order valence-corrected chi connectivity index (χ0v) is 16.9. The summed E-state index contributed by atoms with van der Waals surface area (Å²) in [6.07, 6.45) is 1.65. The number of hydrogen-bond acceptors (Lipinski definition) is 5. The predicted octanol–water partition coefficient (Wildman–Crippen LogP) is 2.85. The van der Waals surface area contributed by atoms with Crippen LogP contribution in [0, 0.1) is 0 Å².